The van der Waals surface area contributed by atoms with E-state index in [1.807, 2.05) is 0 Å². The van der Waals surface area contributed by atoms with E-state index in [1.165, 1.54) is 31.2 Å². The van der Waals surface area contributed by atoms with Gasteiger partial charge in [-0.15, -0.1) is 0 Å². The van der Waals surface area contributed by atoms with Gasteiger partial charge in [0.2, 0.25) is 5.91 Å². The van der Waals surface area contributed by atoms with Gasteiger partial charge < -0.3 is 10.6 Å². The molecule has 2 unspecified atom stereocenters. The maximum atomic E-state index is 11.3. The van der Waals surface area contributed by atoms with Gasteiger partial charge in [0, 0.05) is 26.1 Å². The van der Waals surface area contributed by atoms with Crippen LogP contribution in [0.5, 0.6) is 0 Å². The smallest absolute Gasteiger partial charge is 0.221 e. The quantitative estimate of drug-likeness (QED) is 0.854. The molecular formula is C16H24N2O. The van der Waals surface area contributed by atoms with Gasteiger partial charge in [0.25, 0.3) is 0 Å². The van der Waals surface area contributed by atoms with Crippen molar-refractivity contribution in [3.63, 3.8) is 0 Å². The summed E-state index contributed by atoms with van der Waals surface area (Å²) in [4.78, 5) is 11.3. The minimum absolute atomic E-state index is 0.111. The third kappa shape index (κ3) is 4.06. The molecule has 2 N–H and O–H groups in total. The first kappa shape index (κ1) is 14.1. The molecule has 0 heterocycles. The van der Waals surface area contributed by atoms with Gasteiger partial charge in [-0.25, -0.2) is 0 Å². The van der Waals surface area contributed by atoms with Crippen LogP contribution in [0.2, 0.25) is 0 Å². The van der Waals surface area contributed by atoms with Crippen molar-refractivity contribution in [2.24, 2.45) is 0 Å². The second-order valence-electron chi connectivity index (χ2n) is 5.29. The van der Waals surface area contributed by atoms with Crippen molar-refractivity contribution in [3.05, 3.63) is 35.9 Å². The largest absolute Gasteiger partial charge is 0.359 e. The average Bonchev–Trinajstić information content (AvgIpc) is 2.48. The first-order valence-corrected chi connectivity index (χ1v) is 7.30. The molecule has 1 fully saturated rings. The number of carbonyl (C=O) groups excluding carboxylic acids is 1. The lowest BCUT2D eigenvalue weighted by atomic mass is 9.80. The molecule has 19 heavy (non-hydrogen) atoms. The number of hydrogen-bond donors (Lipinski definition) is 2. The van der Waals surface area contributed by atoms with E-state index in [-0.39, 0.29) is 5.91 Å². The van der Waals surface area contributed by atoms with Crippen molar-refractivity contribution in [2.75, 3.05) is 13.6 Å². The van der Waals surface area contributed by atoms with Crippen molar-refractivity contribution in [3.8, 4) is 0 Å². The highest BCUT2D eigenvalue weighted by molar-refractivity contribution is 5.75. The molecule has 0 bridgehead atoms. The fraction of sp³-hybridized carbons (Fsp3) is 0.562. The zero-order chi connectivity index (χ0) is 13.5. The summed E-state index contributed by atoms with van der Waals surface area (Å²) < 4.78 is 0. The van der Waals surface area contributed by atoms with Crippen molar-refractivity contribution in [1.82, 2.24) is 10.6 Å². The molecule has 1 aliphatic rings. The number of hydrogen-bond acceptors (Lipinski definition) is 2. The lowest BCUT2D eigenvalue weighted by Gasteiger charge is -2.32. The van der Waals surface area contributed by atoms with Crippen LogP contribution in [0.3, 0.4) is 0 Å². The van der Waals surface area contributed by atoms with Crippen molar-refractivity contribution < 1.29 is 4.79 Å². The second-order valence-corrected chi connectivity index (χ2v) is 5.29. The summed E-state index contributed by atoms with van der Waals surface area (Å²) >= 11 is 0. The SMILES string of the molecule is CNC(=O)CCNC1CCCCC1c1ccccc1. The monoisotopic (exact) mass is 260 g/mol. The topological polar surface area (TPSA) is 41.1 Å². The molecule has 1 aromatic rings. The Morgan fingerprint density at radius 1 is 1.21 bits per heavy atom. The minimum atomic E-state index is 0.111. The summed E-state index contributed by atoms with van der Waals surface area (Å²) in [5, 5.41) is 6.24. The van der Waals surface area contributed by atoms with Crippen LogP contribution in [-0.2, 0) is 4.79 Å². The first-order valence-electron chi connectivity index (χ1n) is 7.30. The molecule has 0 aliphatic heterocycles. The molecule has 1 aromatic carbocycles. The molecule has 2 rings (SSSR count). The van der Waals surface area contributed by atoms with Crippen molar-refractivity contribution >= 4 is 5.91 Å². The first-order chi connectivity index (χ1) is 9.31. The van der Waals surface area contributed by atoms with Crippen LogP contribution in [0.25, 0.3) is 0 Å². The number of benzene rings is 1. The van der Waals surface area contributed by atoms with E-state index in [0.29, 0.717) is 18.4 Å². The Morgan fingerprint density at radius 3 is 2.68 bits per heavy atom. The Balaban J connectivity index is 1.91. The Kier molecular flexibility index (Phi) is 5.40. The number of rotatable bonds is 5. The highest BCUT2D eigenvalue weighted by Gasteiger charge is 2.25. The van der Waals surface area contributed by atoms with Crippen LogP contribution >= 0.6 is 0 Å². The van der Waals surface area contributed by atoms with Gasteiger partial charge in [0.1, 0.15) is 0 Å². The van der Waals surface area contributed by atoms with Crippen LogP contribution in [0.1, 0.15) is 43.6 Å². The van der Waals surface area contributed by atoms with Crippen LogP contribution < -0.4 is 10.6 Å². The molecule has 104 valence electrons. The van der Waals surface area contributed by atoms with E-state index in [9.17, 15) is 4.79 Å². The Morgan fingerprint density at radius 2 is 1.95 bits per heavy atom. The molecule has 1 amide bonds. The fourth-order valence-electron chi connectivity index (χ4n) is 2.97. The lowest BCUT2D eigenvalue weighted by molar-refractivity contribution is -0.120. The molecule has 3 heteroatoms. The van der Waals surface area contributed by atoms with Gasteiger partial charge in [-0.2, -0.15) is 0 Å². The average molecular weight is 260 g/mol. The van der Waals surface area contributed by atoms with E-state index >= 15 is 0 Å². The molecule has 1 saturated carbocycles. The number of amides is 1. The van der Waals surface area contributed by atoms with Gasteiger partial charge in [0.05, 0.1) is 0 Å². The molecule has 0 aromatic heterocycles. The van der Waals surface area contributed by atoms with Gasteiger partial charge in [-0.3, -0.25) is 4.79 Å². The molecule has 0 radical (unpaired) electrons. The predicted molar refractivity (Wildman–Crippen MR) is 78.1 cm³/mol. The van der Waals surface area contributed by atoms with Crippen LogP contribution in [0.15, 0.2) is 30.3 Å². The second kappa shape index (κ2) is 7.29. The Hall–Kier alpha value is -1.35. The summed E-state index contributed by atoms with van der Waals surface area (Å²) in [6.07, 6.45) is 5.64. The van der Waals surface area contributed by atoms with E-state index in [0.717, 1.165) is 6.54 Å². The van der Waals surface area contributed by atoms with E-state index in [2.05, 4.69) is 41.0 Å². The summed E-state index contributed by atoms with van der Waals surface area (Å²) in [6, 6.07) is 11.3. The Bertz CT molecular complexity index is 391. The number of nitrogens with one attached hydrogen (secondary N) is 2. The zero-order valence-electron chi connectivity index (χ0n) is 11.7. The number of carbonyl (C=O) groups is 1. The van der Waals surface area contributed by atoms with Crippen molar-refractivity contribution in [2.45, 2.75) is 44.1 Å². The van der Waals surface area contributed by atoms with Gasteiger partial charge in [-0.1, -0.05) is 43.2 Å². The van der Waals surface area contributed by atoms with E-state index in [4.69, 9.17) is 0 Å². The highest BCUT2D eigenvalue weighted by Crippen LogP contribution is 2.32. The molecule has 1 aliphatic carbocycles. The van der Waals surface area contributed by atoms with Crippen LogP contribution in [0.4, 0.5) is 0 Å². The zero-order valence-corrected chi connectivity index (χ0v) is 11.7. The predicted octanol–water partition coefficient (Wildman–Crippen LogP) is 2.44. The van der Waals surface area contributed by atoms with Gasteiger partial charge in [-0.05, 0) is 24.3 Å². The maximum absolute atomic E-state index is 11.3. The summed E-state index contributed by atoms with van der Waals surface area (Å²) in [5.74, 6) is 0.708. The Labute approximate surface area is 115 Å². The van der Waals surface area contributed by atoms with E-state index in [1.54, 1.807) is 7.05 Å². The van der Waals surface area contributed by atoms with Crippen LogP contribution in [-0.4, -0.2) is 25.5 Å². The maximum Gasteiger partial charge on any atom is 0.221 e. The van der Waals surface area contributed by atoms with Crippen molar-refractivity contribution in [1.29, 1.82) is 0 Å². The molecule has 3 nitrogen and oxygen atoms in total. The summed E-state index contributed by atoms with van der Waals surface area (Å²) in [5.41, 5.74) is 1.43. The summed E-state index contributed by atoms with van der Waals surface area (Å²) in [6.45, 7) is 0.772. The fourth-order valence-corrected chi connectivity index (χ4v) is 2.97. The van der Waals surface area contributed by atoms with Gasteiger partial charge >= 0.3 is 0 Å². The molecular weight excluding hydrogens is 236 g/mol. The molecule has 2 atom stereocenters. The highest BCUT2D eigenvalue weighted by atomic mass is 16.1. The van der Waals surface area contributed by atoms with E-state index < -0.39 is 0 Å². The third-order valence-corrected chi connectivity index (χ3v) is 4.03. The minimum Gasteiger partial charge on any atom is -0.359 e. The lowest BCUT2D eigenvalue weighted by Crippen LogP contribution is -2.39. The normalized spacial score (nSPS) is 23.0. The van der Waals surface area contributed by atoms with Crippen LogP contribution in [0, 0.1) is 0 Å². The molecule has 0 spiro atoms. The molecule has 0 saturated heterocycles. The summed E-state index contributed by atoms with van der Waals surface area (Å²) in [7, 11) is 1.69. The van der Waals surface area contributed by atoms with Gasteiger partial charge in [0.15, 0.2) is 0 Å². The standard InChI is InChI=1S/C16H24N2O/c1-17-16(19)11-12-18-15-10-6-5-9-14(15)13-7-3-2-4-8-13/h2-4,7-8,14-15,18H,5-6,9-12H2,1H3,(H,17,19). The third-order valence-electron chi connectivity index (χ3n) is 4.03.